The number of halogens is 1. The Morgan fingerprint density at radius 3 is 2.80 bits per heavy atom. The van der Waals surface area contributed by atoms with Gasteiger partial charge in [0.15, 0.2) is 0 Å². The third-order valence-corrected chi connectivity index (χ3v) is 4.32. The second-order valence-electron chi connectivity index (χ2n) is 5.74. The summed E-state index contributed by atoms with van der Waals surface area (Å²) in [4.78, 5) is 16.7. The first-order chi connectivity index (χ1) is 9.65. The molecule has 0 spiro atoms. The van der Waals surface area contributed by atoms with Gasteiger partial charge in [-0.2, -0.15) is 0 Å². The molecule has 1 aromatic heterocycles. The van der Waals surface area contributed by atoms with Gasteiger partial charge in [-0.05, 0) is 43.9 Å². The van der Waals surface area contributed by atoms with E-state index in [4.69, 9.17) is 4.74 Å². The fraction of sp³-hybridized carbons (Fsp3) is 0.467. The fourth-order valence-corrected chi connectivity index (χ4v) is 2.95. The number of benzene rings is 1. The van der Waals surface area contributed by atoms with E-state index in [1.165, 1.54) is 19.2 Å². The first kappa shape index (κ1) is 11.9. The average molecular weight is 274 g/mol. The zero-order valence-corrected chi connectivity index (χ0v) is 11.2. The molecule has 104 valence electrons. The molecule has 0 atom stereocenters. The zero-order valence-electron chi connectivity index (χ0n) is 11.2. The molecule has 0 unspecified atom stereocenters. The van der Waals surface area contributed by atoms with Crippen LogP contribution in [0.25, 0.3) is 11.0 Å². The third-order valence-electron chi connectivity index (χ3n) is 4.32. The molecule has 1 aromatic carbocycles. The Kier molecular flexibility index (Phi) is 2.26. The summed E-state index contributed by atoms with van der Waals surface area (Å²) in [5, 5.41) is 0. The molecule has 0 radical (unpaired) electrons. The monoisotopic (exact) mass is 274 g/mol. The molecule has 5 heteroatoms. The van der Waals surface area contributed by atoms with E-state index >= 15 is 0 Å². The molecule has 0 amide bonds. The predicted octanol–water partition coefficient (Wildman–Crippen LogP) is 2.71. The van der Waals surface area contributed by atoms with Crippen molar-refractivity contribution in [3.8, 4) is 0 Å². The highest BCUT2D eigenvalue weighted by atomic mass is 19.1. The highest BCUT2D eigenvalue weighted by Gasteiger charge is 2.57. The van der Waals surface area contributed by atoms with Crippen molar-refractivity contribution >= 4 is 17.0 Å². The zero-order chi connectivity index (χ0) is 13.9. The summed E-state index contributed by atoms with van der Waals surface area (Å²) in [5.74, 6) is 0.261. The maximum Gasteiger partial charge on any atom is 0.319 e. The molecular formula is C15H15FN2O2. The Hall–Kier alpha value is -1.91. The van der Waals surface area contributed by atoms with Gasteiger partial charge in [-0.1, -0.05) is 0 Å². The average Bonchev–Trinajstić information content (AvgIpc) is 3.35. The molecule has 2 saturated carbocycles. The summed E-state index contributed by atoms with van der Waals surface area (Å²) in [6, 6.07) is 4.95. The van der Waals surface area contributed by atoms with Crippen LogP contribution in [-0.4, -0.2) is 22.6 Å². The molecule has 20 heavy (non-hydrogen) atoms. The second kappa shape index (κ2) is 3.81. The van der Waals surface area contributed by atoms with E-state index in [0.29, 0.717) is 6.04 Å². The highest BCUT2D eigenvalue weighted by Crippen LogP contribution is 2.52. The van der Waals surface area contributed by atoms with Crippen LogP contribution in [0, 0.1) is 5.82 Å². The Balaban J connectivity index is 1.95. The third kappa shape index (κ3) is 1.52. The maximum absolute atomic E-state index is 13.5. The number of esters is 1. The summed E-state index contributed by atoms with van der Waals surface area (Å²) in [6.45, 7) is 0. The van der Waals surface area contributed by atoms with Crippen LogP contribution in [0.3, 0.4) is 0 Å². The van der Waals surface area contributed by atoms with E-state index < -0.39 is 5.41 Å². The summed E-state index contributed by atoms with van der Waals surface area (Å²) in [7, 11) is 1.41. The molecule has 4 rings (SSSR count). The van der Waals surface area contributed by atoms with Crippen molar-refractivity contribution in [2.24, 2.45) is 0 Å². The molecule has 2 aromatic rings. The van der Waals surface area contributed by atoms with Crippen LogP contribution >= 0.6 is 0 Å². The van der Waals surface area contributed by atoms with E-state index in [0.717, 1.165) is 42.5 Å². The first-order valence-electron chi connectivity index (χ1n) is 6.92. The normalized spacial score (nSPS) is 20.1. The van der Waals surface area contributed by atoms with Crippen molar-refractivity contribution in [1.82, 2.24) is 9.55 Å². The molecule has 2 fully saturated rings. The van der Waals surface area contributed by atoms with Crippen LogP contribution in [0.5, 0.6) is 0 Å². The van der Waals surface area contributed by atoms with Gasteiger partial charge in [0.1, 0.15) is 17.1 Å². The minimum atomic E-state index is -0.604. The van der Waals surface area contributed by atoms with Crippen LogP contribution in [0.4, 0.5) is 4.39 Å². The first-order valence-corrected chi connectivity index (χ1v) is 6.92. The van der Waals surface area contributed by atoms with Crippen LogP contribution in [0.15, 0.2) is 18.2 Å². The van der Waals surface area contributed by atoms with Gasteiger partial charge >= 0.3 is 5.97 Å². The van der Waals surface area contributed by atoms with E-state index in [1.807, 2.05) is 0 Å². The second-order valence-corrected chi connectivity index (χ2v) is 5.74. The molecule has 0 N–H and O–H groups in total. The van der Waals surface area contributed by atoms with Gasteiger partial charge in [0.2, 0.25) is 0 Å². The Morgan fingerprint density at radius 2 is 2.20 bits per heavy atom. The van der Waals surface area contributed by atoms with Crippen LogP contribution in [0.2, 0.25) is 0 Å². The fourth-order valence-electron chi connectivity index (χ4n) is 2.95. The number of imidazole rings is 1. The Morgan fingerprint density at radius 1 is 1.45 bits per heavy atom. The summed E-state index contributed by atoms with van der Waals surface area (Å²) < 4.78 is 20.5. The van der Waals surface area contributed by atoms with Gasteiger partial charge in [-0.3, -0.25) is 4.79 Å². The minimum Gasteiger partial charge on any atom is -0.468 e. The van der Waals surface area contributed by atoms with E-state index in [2.05, 4.69) is 9.55 Å². The topological polar surface area (TPSA) is 44.1 Å². The Labute approximate surface area is 115 Å². The number of hydrogen-bond donors (Lipinski definition) is 0. The SMILES string of the molecule is COC(=O)C1(c2nc3ccc(F)cc3n2C2CC2)CC1. The number of aromatic nitrogens is 2. The van der Waals surface area contributed by atoms with Crippen molar-refractivity contribution < 1.29 is 13.9 Å². The number of carbonyl (C=O) groups is 1. The molecule has 2 aliphatic rings. The quantitative estimate of drug-likeness (QED) is 0.808. The number of methoxy groups -OCH3 is 1. The number of carbonyl (C=O) groups excluding carboxylic acids is 1. The molecule has 1 heterocycles. The largest absolute Gasteiger partial charge is 0.468 e. The van der Waals surface area contributed by atoms with Gasteiger partial charge in [-0.15, -0.1) is 0 Å². The minimum absolute atomic E-state index is 0.227. The number of nitrogens with zero attached hydrogens (tertiary/aromatic N) is 2. The molecule has 2 aliphatic carbocycles. The van der Waals surface area contributed by atoms with Crippen LogP contribution < -0.4 is 0 Å². The number of ether oxygens (including phenoxy) is 1. The van der Waals surface area contributed by atoms with Crippen LogP contribution in [0.1, 0.15) is 37.5 Å². The highest BCUT2D eigenvalue weighted by molar-refractivity contribution is 5.87. The number of fused-ring (bicyclic) bond motifs is 1. The van der Waals surface area contributed by atoms with Crippen molar-refractivity contribution in [3.63, 3.8) is 0 Å². The smallest absolute Gasteiger partial charge is 0.319 e. The maximum atomic E-state index is 13.5. The molecule has 0 aliphatic heterocycles. The lowest BCUT2D eigenvalue weighted by Crippen LogP contribution is -2.26. The molecule has 0 bridgehead atoms. The van der Waals surface area contributed by atoms with Crippen molar-refractivity contribution in [1.29, 1.82) is 0 Å². The van der Waals surface area contributed by atoms with Gasteiger partial charge in [0.25, 0.3) is 0 Å². The van der Waals surface area contributed by atoms with E-state index in [9.17, 15) is 9.18 Å². The van der Waals surface area contributed by atoms with Gasteiger partial charge in [-0.25, -0.2) is 9.37 Å². The van der Waals surface area contributed by atoms with Crippen molar-refractivity contribution in [2.75, 3.05) is 7.11 Å². The number of rotatable bonds is 3. The standard InChI is InChI=1S/C15H15FN2O2/c1-20-14(19)15(6-7-15)13-17-11-5-2-9(16)8-12(11)18(13)10-3-4-10/h2,5,8,10H,3-4,6-7H2,1H3. The van der Waals surface area contributed by atoms with Crippen molar-refractivity contribution in [2.45, 2.75) is 37.1 Å². The van der Waals surface area contributed by atoms with Crippen LogP contribution in [-0.2, 0) is 14.9 Å². The molecular weight excluding hydrogens is 259 g/mol. The predicted molar refractivity (Wildman–Crippen MR) is 70.9 cm³/mol. The lowest BCUT2D eigenvalue weighted by atomic mass is 10.1. The van der Waals surface area contributed by atoms with E-state index in [1.54, 1.807) is 6.07 Å². The van der Waals surface area contributed by atoms with Gasteiger partial charge in [0.05, 0.1) is 18.1 Å². The summed E-state index contributed by atoms with van der Waals surface area (Å²) in [5.41, 5.74) is 0.938. The molecule has 0 saturated heterocycles. The van der Waals surface area contributed by atoms with Crippen molar-refractivity contribution in [3.05, 3.63) is 29.8 Å². The lowest BCUT2D eigenvalue weighted by molar-refractivity contribution is -0.144. The van der Waals surface area contributed by atoms with Gasteiger partial charge in [0, 0.05) is 6.04 Å². The number of hydrogen-bond acceptors (Lipinski definition) is 3. The lowest BCUT2D eigenvalue weighted by Gasteiger charge is -2.15. The van der Waals surface area contributed by atoms with E-state index in [-0.39, 0.29) is 11.8 Å². The summed E-state index contributed by atoms with van der Waals surface area (Å²) in [6.07, 6.45) is 3.65. The summed E-state index contributed by atoms with van der Waals surface area (Å²) >= 11 is 0. The Bertz CT molecular complexity index is 714. The van der Waals surface area contributed by atoms with Gasteiger partial charge < -0.3 is 9.30 Å². The molecule has 4 nitrogen and oxygen atoms in total.